The molecule has 9 nitrogen and oxygen atoms in total. The highest BCUT2D eigenvalue weighted by Crippen LogP contribution is 2.38. The van der Waals surface area contributed by atoms with Crippen molar-refractivity contribution in [3.63, 3.8) is 0 Å². The average Bonchev–Trinajstić information content (AvgIpc) is 3.91. The Morgan fingerprint density at radius 3 is 2.43 bits per heavy atom. The number of nitrogens with one attached hydrogen (secondary N) is 3. The minimum atomic E-state index is -0.223. The number of nitrogens with two attached hydrogens (primary N) is 1. The molecule has 2 aliphatic rings. The van der Waals surface area contributed by atoms with Crippen molar-refractivity contribution in [1.82, 2.24) is 15.2 Å². The van der Waals surface area contributed by atoms with Gasteiger partial charge in [-0.05, 0) is 63.6 Å². The minimum absolute atomic E-state index is 0.0372. The van der Waals surface area contributed by atoms with E-state index in [0.717, 1.165) is 35.6 Å². The topological polar surface area (TPSA) is 129 Å². The maximum atomic E-state index is 12.2. The van der Waals surface area contributed by atoms with E-state index in [1.807, 2.05) is 70.2 Å². The summed E-state index contributed by atoms with van der Waals surface area (Å²) >= 11 is 0. The van der Waals surface area contributed by atoms with Crippen LogP contribution in [0.3, 0.4) is 0 Å². The Morgan fingerprint density at radius 1 is 1.21 bits per heavy atom. The van der Waals surface area contributed by atoms with Crippen LogP contribution in [0.4, 0.5) is 5.69 Å². The predicted octanol–water partition coefficient (Wildman–Crippen LogP) is 7.49. The smallest absolute Gasteiger partial charge is 0.250 e. The van der Waals surface area contributed by atoms with E-state index in [9.17, 15) is 4.79 Å². The van der Waals surface area contributed by atoms with Gasteiger partial charge in [-0.15, -0.1) is 0 Å². The lowest BCUT2D eigenvalue weighted by Crippen LogP contribution is -2.39. The van der Waals surface area contributed by atoms with Gasteiger partial charge < -0.3 is 26.0 Å². The number of allylic oxidation sites excluding steroid dienone is 3. The summed E-state index contributed by atoms with van der Waals surface area (Å²) in [5, 5.41) is 14.8. The number of aliphatic imine (C=N–C) groups is 1. The van der Waals surface area contributed by atoms with Crippen molar-refractivity contribution in [3.8, 4) is 5.75 Å². The van der Waals surface area contributed by atoms with Crippen molar-refractivity contribution in [2.75, 3.05) is 26.5 Å². The van der Waals surface area contributed by atoms with Crippen molar-refractivity contribution in [1.29, 1.82) is 5.41 Å². The molecular weight excluding hydrogens is 586 g/mol. The molecule has 2 fully saturated rings. The summed E-state index contributed by atoms with van der Waals surface area (Å²) in [6, 6.07) is 12.2. The summed E-state index contributed by atoms with van der Waals surface area (Å²) in [6.45, 7) is 14.1. The van der Waals surface area contributed by atoms with E-state index < -0.39 is 0 Å². The van der Waals surface area contributed by atoms with E-state index in [4.69, 9.17) is 15.9 Å². The Hall–Kier alpha value is -4.66. The highest BCUT2D eigenvalue weighted by Gasteiger charge is 2.30. The summed E-state index contributed by atoms with van der Waals surface area (Å²) < 4.78 is 5.89. The maximum Gasteiger partial charge on any atom is 0.250 e. The highest BCUT2D eigenvalue weighted by atomic mass is 16.5. The van der Waals surface area contributed by atoms with E-state index in [-0.39, 0.29) is 23.4 Å². The molecule has 0 unspecified atom stereocenters. The molecule has 4 rings (SSSR count). The monoisotopic (exact) mass is 641 g/mol. The number of carbonyl (C=O) groups excluding carboxylic acids is 1. The zero-order valence-corrected chi connectivity index (χ0v) is 29.6. The van der Waals surface area contributed by atoms with Crippen molar-refractivity contribution >= 4 is 28.7 Å². The van der Waals surface area contributed by atoms with Crippen LogP contribution in [0, 0.1) is 24.2 Å². The maximum absolute atomic E-state index is 12.2. The number of hydrogen-bond donors (Lipinski definition) is 4. The number of anilines is 1. The van der Waals surface area contributed by atoms with E-state index >= 15 is 0 Å². The lowest BCUT2D eigenvalue weighted by Gasteiger charge is -2.41. The van der Waals surface area contributed by atoms with Gasteiger partial charge in [-0.1, -0.05) is 64.1 Å². The first-order chi connectivity index (χ1) is 22.6. The number of pyridine rings is 1. The molecule has 0 saturated heterocycles. The van der Waals surface area contributed by atoms with Gasteiger partial charge in [-0.3, -0.25) is 15.2 Å². The van der Waals surface area contributed by atoms with Gasteiger partial charge in [0.05, 0.1) is 24.2 Å². The third-order valence-electron chi connectivity index (χ3n) is 8.00. The molecule has 2 saturated carbocycles. The second kappa shape index (κ2) is 19.8. The molecule has 0 atom stereocenters. The average molecular weight is 642 g/mol. The molecular formula is C38H55N7O2. The molecule has 254 valence electrons. The second-order valence-electron chi connectivity index (χ2n) is 11.4. The van der Waals surface area contributed by atoms with Crippen LogP contribution < -0.4 is 21.1 Å². The highest BCUT2D eigenvalue weighted by molar-refractivity contribution is 6.15. The summed E-state index contributed by atoms with van der Waals surface area (Å²) in [4.78, 5) is 22.4. The number of methoxy groups -OCH3 is 1. The zero-order valence-electron chi connectivity index (χ0n) is 29.6. The van der Waals surface area contributed by atoms with Gasteiger partial charge in [-0.2, -0.15) is 4.99 Å². The number of hydrogen-bond acceptors (Lipinski definition) is 7. The fraction of sp³-hybridized carbons (Fsp3) is 0.421. The van der Waals surface area contributed by atoms with Crippen LogP contribution in [0.1, 0.15) is 71.1 Å². The van der Waals surface area contributed by atoms with Crippen LogP contribution >= 0.6 is 0 Å². The molecule has 1 heterocycles. The normalized spacial score (nSPS) is 17.7. The Bertz CT molecular complexity index is 1450. The Morgan fingerprint density at radius 2 is 1.91 bits per heavy atom. The fourth-order valence-corrected chi connectivity index (χ4v) is 4.94. The van der Waals surface area contributed by atoms with Crippen molar-refractivity contribution in [2.45, 2.75) is 72.8 Å². The van der Waals surface area contributed by atoms with Crippen LogP contribution in [-0.2, 0) is 4.79 Å². The molecule has 0 aliphatic heterocycles. The van der Waals surface area contributed by atoms with Crippen LogP contribution in [-0.4, -0.2) is 54.6 Å². The van der Waals surface area contributed by atoms with Gasteiger partial charge in [-0.25, -0.2) is 0 Å². The Kier molecular flexibility index (Phi) is 16.2. The van der Waals surface area contributed by atoms with Crippen LogP contribution in [0.25, 0.3) is 5.57 Å². The first kappa shape index (κ1) is 38.5. The number of para-hydroxylation sites is 1. The van der Waals surface area contributed by atoms with Gasteiger partial charge in [0.25, 0.3) is 5.91 Å². The van der Waals surface area contributed by atoms with Gasteiger partial charge in [0.2, 0.25) is 0 Å². The van der Waals surface area contributed by atoms with E-state index in [0.29, 0.717) is 28.9 Å². The number of amidine groups is 1. The Labute approximate surface area is 282 Å². The quantitative estimate of drug-likeness (QED) is 0.101. The van der Waals surface area contributed by atoms with Crippen LogP contribution in [0.15, 0.2) is 90.0 Å². The molecule has 2 aromatic rings. The lowest BCUT2D eigenvalue weighted by molar-refractivity contribution is -0.118. The summed E-state index contributed by atoms with van der Waals surface area (Å²) in [6.07, 6.45) is 14.9. The number of nitrogens with zero attached hydrogens (tertiary/aromatic N) is 3. The first-order valence-corrected chi connectivity index (χ1v) is 16.6. The van der Waals surface area contributed by atoms with Gasteiger partial charge in [0, 0.05) is 61.4 Å². The molecule has 1 amide bonds. The molecule has 9 heteroatoms. The largest absolute Gasteiger partial charge is 0.494 e. The summed E-state index contributed by atoms with van der Waals surface area (Å²) in [7, 11) is 5.45. The number of carbonyl (C=O) groups is 1. The molecule has 1 aromatic carbocycles. The molecule has 0 radical (unpaired) electrons. The molecule has 1 aromatic heterocycles. The third kappa shape index (κ3) is 11.9. The fourth-order valence-electron chi connectivity index (χ4n) is 4.94. The van der Waals surface area contributed by atoms with Gasteiger partial charge >= 0.3 is 0 Å². The summed E-state index contributed by atoms with van der Waals surface area (Å²) in [5.41, 5.74) is 10.6. The second-order valence-corrected chi connectivity index (χ2v) is 11.4. The zero-order chi connectivity index (χ0) is 34.9. The standard InChI is InChI=1S/C30H42N6O2.C6H7N.C2H6/c1-7-10-22(18-36(5)23-15-20(8-2)16-23)24-11-9-12-25(29(24)38-6)34-26(28(32)19(3)33-4)17-27(31)35-30(37)21-13-14-21;1-6-4-2-3-5-7-6;1-2/h7,9-12,17-18,20-21,23,32-34H,3,8,13-16H2,1-2,4-6H3,(H2,31,35,37);2-5H,1H3;1-2H3/b10-7-,22-18+,26-17+,32-28?;;. The molecule has 5 N–H and O–H groups in total. The third-order valence-corrected chi connectivity index (χ3v) is 8.00. The molecule has 0 spiro atoms. The van der Waals surface area contributed by atoms with Crippen LogP contribution in [0.2, 0.25) is 0 Å². The molecule has 0 bridgehead atoms. The van der Waals surface area contributed by atoms with Crippen LogP contribution in [0.5, 0.6) is 5.75 Å². The number of amides is 1. The van der Waals surface area contributed by atoms with Crippen molar-refractivity contribution in [2.24, 2.45) is 22.6 Å². The predicted molar refractivity (Wildman–Crippen MR) is 198 cm³/mol. The van der Waals surface area contributed by atoms with Gasteiger partial charge in [0.15, 0.2) is 0 Å². The van der Waals surface area contributed by atoms with Gasteiger partial charge in [0.1, 0.15) is 17.3 Å². The number of benzene rings is 1. The Balaban J connectivity index is 0.000000743. The number of aromatic nitrogens is 1. The number of aryl methyl sites for hydroxylation is 1. The SMILES string of the molecule is C=C(NC)C(=N)/C(=C\C(N)=NC(=O)C1CC1)Nc1cccc(C(/C=C\C)=C/N(C)C2CC(CC)C2)c1OC.CC.Cc1ccccn1. The summed E-state index contributed by atoms with van der Waals surface area (Å²) in [5.74, 6) is 1.22. The molecule has 47 heavy (non-hydrogen) atoms. The first-order valence-electron chi connectivity index (χ1n) is 16.6. The van der Waals surface area contributed by atoms with E-state index in [1.54, 1.807) is 20.4 Å². The van der Waals surface area contributed by atoms with Crippen molar-refractivity contribution in [3.05, 3.63) is 96.3 Å². The van der Waals surface area contributed by atoms with E-state index in [2.05, 4.69) is 58.3 Å². The minimum Gasteiger partial charge on any atom is -0.494 e. The van der Waals surface area contributed by atoms with Crippen molar-refractivity contribution < 1.29 is 9.53 Å². The number of rotatable bonds is 13. The lowest BCUT2D eigenvalue weighted by atomic mass is 9.78. The van der Waals surface area contributed by atoms with E-state index in [1.165, 1.54) is 25.3 Å². The number of ether oxygens (including phenoxy) is 1. The molecule has 2 aliphatic carbocycles.